The van der Waals surface area contributed by atoms with Gasteiger partial charge in [-0.05, 0) is 37.3 Å². The fourth-order valence-corrected chi connectivity index (χ4v) is 4.53. The van der Waals surface area contributed by atoms with E-state index in [2.05, 4.69) is 17.1 Å². The third-order valence-electron chi connectivity index (χ3n) is 5.76. The zero-order valence-corrected chi connectivity index (χ0v) is 16.9. The van der Waals surface area contributed by atoms with Crippen LogP contribution in [0.25, 0.3) is 0 Å². The van der Waals surface area contributed by atoms with Crippen LogP contribution in [0.2, 0.25) is 5.02 Å². The third kappa shape index (κ3) is 4.82. The van der Waals surface area contributed by atoms with Gasteiger partial charge < -0.3 is 10.2 Å². The van der Waals surface area contributed by atoms with Gasteiger partial charge in [0.25, 0.3) is 5.91 Å². The molecule has 1 aromatic rings. The SMILES string of the molecule is CCCNC(=O)[C@H](C1CCCC1)N1CCN(C(=O)c2ccccc2Cl)CC1. The maximum atomic E-state index is 12.8. The lowest BCUT2D eigenvalue weighted by Gasteiger charge is -2.40. The van der Waals surface area contributed by atoms with Gasteiger partial charge in [-0.3, -0.25) is 14.5 Å². The Hall–Kier alpha value is -1.59. The molecule has 2 aliphatic rings. The first-order valence-electron chi connectivity index (χ1n) is 10.2. The molecule has 27 heavy (non-hydrogen) atoms. The smallest absolute Gasteiger partial charge is 0.255 e. The minimum absolute atomic E-state index is 0.0203. The van der Waals surface area contributed by atoms with Crippen molar-refractivity contribution in [2.75, 3.05) is 32.7 Å². The van der Waals surface area contributed by atoms with E-state index in [0.717, 1.165) is 38.9 Å². The van der Waals surface area contributed by atoms with Crippen LogP contribution in [0, 0.1) is 5.92 Å². The van der Waals surface area contributed by atoms with Crippen LogP contribution >= 0.6 is 11.6 Å². The first-order valence-corrected chi connectivity index (χ1v) is 10.5. The van der Waals surface area contributed by atoms with E-state index in [1.165, 1.54) is 12.8 Å². The number of halogens is 1. The number of carbonyl (C=O) groups is 2. The second-order valence-electron chi connectivity index (χ2n) is 7.59. The summed E-state index contributed by atoms with van der Waals surface area (Å²) in [5, 5.41) is 3.59. The number of hydrogen-bond donors (Lipinski definition) is 1. The Morgan fingerprint density at radius 1 is 1.15 bits per heavy atom. The van der Waals surface area contributed by atoms with E-state index in [4.69, 9.17) is 11.6 Å². The lowest BCUT2D eigenvalue weighted by atomic mass is 9.95. The molecule has 3 rings (SSSR count). The molecule has 2 amide bonds. The number of rotatable bonds is 6. The van der Waals surface area contributed by atoms with Crippen LogP contribution in [-0.4, -0.2) is 60.4 Å². The van der Waals surface area contributed by atoms with Crippen molar-refractivity contribution in [3.05, 3.63) is 34.9 Å². The van der Waals surface area contributed by atoms with E-state index in [0.29, 0.717) is 29.6 Å². The van der Waals surface area contributed by atoms with Crippen molar-refractivity contribution in [1.82, 2.24) is 15.1 Å². The molecule has 1 saturated carbocycles. The molecule has 1 N–H and O–H groups in total. The second kappa shape index (κ2) is 9.56. The molecule has 0 unspecified atom stereocenters. The predicted octanol–water partition coefficient (Wildman–Crippen LogP) is 3.18. The molecular weight excluding hydrogens is 362 g/mol. The number of piperazine rings is 1. The maximum absolute atomic E-state index is 12.8. The Balaban J connectivity index is 1.64. The summed E-state index contributed by atoms with van der Waals surface area (Å²) in [5.74, 6) is 0.579. The van der Waals surface area contributed by atoms with Crippen LogP contribution in [0.3, 0.4) is 0 Å². The lowest BCUT2D eigenvalue weighted by molar-refractivity contribution is -0.129. The summed E-state index contributed by atoms with van der Waals surface area (Å²) in [6.45, 7) is 5.54. The number of amides is 2. The molecule has 0 aromatic heterocycles. The largest absolute Gasteiger partial charge is 0.355 e. The summed E-state index contributed by atoms with van der Waals surface area (Å²) in [6, 6.07) is 7.13. The van der Waals surface area contributed by atoms with Gasteiger partial charge in [-0.25, -0.2) is 0 Å². The Labute approximate surface area is 167 Å². The van der Waals surface area contributed by atoms with Crippen molar-refractivity contribution in [3.8, 4) is 0 Å². The average molecular weight is 392 g/mol. The molecule has 1 aliphatic heterocycles. The van der Waals surface area contributed by atoms with Gasteiger partial charge in [0.15, 0.2) is 0 Å². The van der Waals surface area contributed by atoms with Crippen LogP contribution in [-0.2, 0) is 4.79 Å². The average Bonchev–Trinajstić information content (AvgIpc) is 3.21. The molecule has 1 atom stereocenters. The molecule has 1 aromatic carbocycles. The highest BCUT2D eigenvalue weighted by atomic mass is 35.5. The Morgan fingerprint density at radius 3 is 2.44 bits per heavy atom. The Kier molecular flexibility index (Phi) is 7.13. The fraction of sp³-hybridized carbons (Fsp3) is 0.619. The maximum Gasteiger partial charge on any atom is 0.255 e. The number of hydrogen-bond acceptors (Lipinski definition) is 3. The van der Waals surface area contributed by atoms with Crippen molar-refractivity contribution in [3.63, 3.8) is 0 Å². The quantitative estimate of drug-likeness (QED) is 0.810. The topological polar surface area (TPSA) is 52.7 Å². The summed E-state index contributed by atoms with van der Waals surface area (Å²) in [4.78, 5) is 29.7. The van der Waals surface area contributed by atoms with E-state index < -0.39 is 0 Å². The molecule has 5 nitrogen and oxygen atoms in total. The highest BCUT2D eigenvalue weighted by Crippen LogP contribution is 2.31. The Morgan fingerprint density at radius 2 is 1.81 bits per heavy atom. The Bertz CT molecular complexity index is 653. The van der Waals surface area contributed by atoms with Crippen molar-refractivity contribution in [1.29, 1.82) is 0 Å². The lowest BCUT2D eigenvalue weighted by Crippen LogP contribution is -2.58. The van der Waals surface area contributed by atoms with Gasteiger partial charge in [0, 0.05) is 32.7 Å². The minimum atomic E-state index is -0.0587. The van der Waals surface area contributed by atoms with Crippen molar-refractivity contribution in [2.45, 2.75) is 45.1 Å². The molecular formula is C21H30ClN3O2. The molecule has 1 aliphatic carbocycles. The van der Waals surface area contributed by atoms with Crippen LogP contribution in [0.5, 0.6) is 0 Å². The van der Waals surface area contributed by atoms with E-state index >= 15 is 0 Å². The number of benzene rings is 1. The monoisotopic (exact) mass is 391 g/mol. The summed E-state index contributed by atoms with van der Waals surface area (Å²) in [5.41, 5.74) is 0.556. The number of nitrogens with zero attached hydrogens (tertiary/aromatic N) is 2. The molecule has 0 bridgehead atoms. The molecule has 1 saturated heterocycles. The van der Waals surface area contributed by atoms with Gasteiger partial charge >= 0.3 is 0 Å². The molecule has 148 valence electrons. The highest BCUT2D eigenvalue weighted by molar-refractivity contribution is 6.33. The molecule has 1 heterocycles. The van der Waals surface area contributed by atoms with Crippen LogP contribution in [0.1, 0.15) is 49.4 Å². The second-order valence-corrected chi connectivity index (χ2v) is 8.00. The zero-order valence-electron chi connectivity index (χ0n) is 16.1. The van der Waals surface area contributed by atoms with Crippen LogP contribution < -0.4 is 5.32 Å². The fourth-order valence-electron chi connectivity index (χ4n) is 4.31. The summed E-state index contributed by atoms with van der Waals surface area (Å²) < 4.78 is 0. The normalized spacial score (nSPS) is 19.9. The highest BCUT2D eigenvalue weighted by Gasteiger charge is 2.37. The number of carbonyl (C=O) groups excluding carboxylic acids is 2. The van der Waals surface area contributed by atoms with E-state index in [-0.39, 0.29) is 17.9 Å². The van der Waals surface area contributed by atoms with E-state index in [9.17, 15) is 9.59 Å². The van der Waals surface area contributed by atoms with Crippen LogP contribution in [0.4, 0.5) is 0 Å². The number of nitrogens with one attached hydrogen (secondary N) is 1. The first-order chi connectivity index (χ1) is 13.1. The van der Waals surface area contributed by atoms with Gasteiger partial charge in [-0.1, -0.05) is 43.5 Å². The van der Waals surface area contributed by atoms with Crippen molar-refractivity contribution >= 4 is 23.4 Å². The van der Waals surface area contributed by atoms with Crippen molar-refractivity contribution in [2.24, 2.45) is 5.92 Å². The van der Waals surface area contributed by atoms with Gasteiger partial charge in [0.2, 0.25) is 5.91 Å². The molecule has 0 spiro atoms. The molecule has 6 heteroatoms. The van der Waals surface area contributed by atoms with Crippen molar-refractivity contribution < 1.29 is 9.59 Å². The molecule has 0 radical (unpaired) electrons. The minimum Gasteiger partial charge on any atom is -0.355 e. The zero-order chi connectivity index (χ0) is 19.2. The van der Waals surface area contributed by atoms with Gasteiger partial charge in [0.1, 0.15) is 0 Å². The summed E-state index contributed by atoms with van der Waals surface area (Å²) >= 11 is 6.18. The van der Waals surface area contributed by atoms with Gasteiger partial charge in [-0.2, -0.15) is 0 Å². The predicted molar refractivity (Wildman–Crippen MR) is 108 cm³/mol. The van der Waals surface area contributed by atoms with Gasteiger partial charge in [-0.15, -0.1) is 0 Å². The standard InChI is InChI=1S/C21H30ClN3O2/c1-2-11-23-20(26)19(16-7-3-4-8-16)24-12-14-25(15-13-24)21(27)17-9-5-6-10-18(17)22/h5-6,9-10,16,19H,2-4,7-8,11-15H2,1H3,(H,23,26)/t19-/m0/s1. The van der Waals surface area contributed by atoms with E-state index in [1.807, 2.05) is 17.0 Å². The van der Waals surface area contributed by atoms with Crippen LogP contribution in [0.15, 0.2) is 24.3 Å². The van der Waals surface area contributed by atoms with Gasteiger partial charge in [0.05, 0.1) is 16.6 Å². The first kappa shape index (κ1) is 20.2. The van der Waals surface area contributed by atoms with E-state index in [1.54, 1.807) is 12.1 Å². The summed E-state index contributed by atoms with van der Waals surface area (Å²) in [7, 11) is 0. The summed E-state index contributed by atoms with van der Waals surface area (Å²) in [6.07, 6.45) is 5.63. The third-order valence-corrected chi connectivity index (χ3v) is 6.09. The molecule has 2 fully saturated rings.